The lowest BCUT2D eigenvalue weighted by molar-refractivity contribution is -0.160. The summed E-state index contributed by atoms with van der Waals surface area (Å²) in [6.07, 6.45) is 0. The fourth-order valence-electron chi connectivity index (χ4n) is 2.35. The molecule has 1 unspecified atom stereocenters. The van der Waals surface area contributed by atoms with Crippen LogP contribution < -0.4 is 5.48 Å². The van der Waals surface area contributed by atoms with Crippen molar-refractivity contribution in [2.45, 2.75) is 12.7 Å². The minimum Gasteiger partial charge on any atom is -0.360 e. The van der Waals surface area contributed by atoms with Gasteiger partial charge < -0.3 is 5.11 Å². The van der Waals surface area contributed by atoms with Crippen LogP contribution in [0.5, 0.6) is 0 Å². The van der Waals surface area contributed by atoms with Gasteiger partial charge in [0.15, 0.2) is 0 Å². The predicted molar refractivity (Wildman–Crippen MR) is 79.6 cm³/mol. The molecule has 20 heavy (non-hydrogen) atoms. The molecule has 0 aromatic heterocycles. The van der Waals surface area contributed by atoms with Crippen molar-refractivity contribution in [3.8, 4) is 0 Å². The first-order chi connectivity index (χ1) is 9.58. The molecule has 0 amide bonds. The van der Waals surface area contributed by atoms with Crippen molar-refractivity contribution in [3.63, 3.8) is 0 Å². The summed E-state index contributed by atoms with van der Waals surface area (Å²) in [4.78, 5) is 5.30. The van der Waals surface area contributed by atoms with Gasteiger partial charge in [-0.05, 0) is 24.6 Å². The van der Waals surface area contributed by atoms with Crippen LogP contribution in [-0.2, 0) is 4.84 Å². The summed E-state index contributed by atoms with van der Waals surface area (Å²) < 4.78 is 0. The monoisotopic (exact) mass is 287 g/mol. The first-order valence-electron chi connectivity index (χ1n) is 6.30. The van der Waals surface area contributed by atoms with Crippen molar-refractivity contribution in [3.05, 3.63) is 70.7 Å². The molecule has 4 heteroatoms. The van der Waals surface area contributed by atoms with Crippen LogP contribution in [0.1, 0.15) is 18.1 Å². The fraction of sp³-hybridized carbons (Fsp3) is 0.125. The first kappa shape index (κ1) is 13.2. The molecule has 0 fully saturated rings. The van der Waals surface area contributed by atoms with Crippen LogP contribution in [-0.4, -0.2) is 10.9 Å². The zero-order valence-corrected chi connectivity index (χ0v) is 11.7. The standard InChI is InChI=1S/C16H14ClNO2/c1-16(19)14(11-6-3-2-4-7-11)15(18-20-16)12-8-5-9-13(17)10-12/h2-10,18-19H,1H3. The molecule has 0 saturated carbocycles. The summed E-state index contributed by atoms with van der Waals surface area (Å²) in [5.41, 5.74) is 6.00. The lowest BCUT2D eigenvalue weighted by atomic mass is 9.94. The SMILES string of the molecule is CC1(O)ONC(c2cccc(Cl)c2)=C1c1ccccc1. The highest BCUT2D eigenvalue weighted by Crippen LogP contribution is 2.39. The Morgan fingerprint density at radius 3 is 2.45 bits per heavy atom. The Morgan fingerprint density at radius 1 is 1.05 bits per heavy atom. The zero-order chi connectivity index (χ0) is 14.2. The summed E-state index contributed by atoms with van der Waals surface area (Å²) in [7, 11) is 0. The quantitative estimate of drug-likeness (QED) is 0.889. The summed E-state index contributed by atoms with van der Waals surface area (Å²) in [6.45, 7) is 1.61. The van der Waals surface area contributed by atoms with Crippen LogP contribution >= 0.6 is 11.6 Å². The Labute approximate surface area is 122 Å². The van der Waals surface area contributed by atoms with E-state index in [0.717, 1.165) is 16.8 Å². The van der Waals surface area contributed by atoms with Gasteiger partial charge in [-0.15, -0.1) is 0 Å². The molecule has 3 nitrogen and oxygen atoms in total. The lowest BCUT2D eigenvalue weighted by Crippen LogP contribution is -2.27. The fourth-order valence-corrected chi connectivity index (χ4v) is 2.54. The van der Waals surface area contributed by atoms with Crippen LogP contribution in [0, 0.1) is 0 Å². The molecular formula is C16H14ClNO2. The van der Waals surface area contributed by atoms with Crippen molar-refractivity contribution >= 4 is 22.9 Å². The van der Waals surface area contributed by atoms with Gasteiger partial charge in [0.2, 0.25) is 5.79 Å². The molecule has 1 heterocycles. The number of rotatable bonds is 2. The number of benzene rings is 2. The van der Waals surface area contributed by atoms with Gasteiger partial charge in [-0.25, -0.2) is 4.84 Å². The van der Waals surface area contributed by atoms with Gasteiger partial charge in [-0.1, -0.05) is 54.1 Å². The third-order valence-electron chi connectivity index (χ3n) is 3.24. The average Bonchev–Trinajstić information content (AvgIpc) is 2.75. The highest BCUT2D eigenvalue weighted by molar-refractivity contribution is 6.30. The van der Waals surface area contributed by atoms with E-state index in [1.807, 2.05) is 54.6 Å². The molecule has 0 saturated heterocycles. The summed E-state index contributed by atoms with van der Waals surface area (Å²) in [5.74, 6) is -1.39. The summed E-state index contributed by atoms with van der Waals surface area (Å²) in [6, 6.07) is 17.1. The van der Waals surface area contributed by atoms with Gasteiger partial charge in [-0.3, -0.25) is 5.48 Å². The number of halogens is 1. The van der Waals surface area contributed by atoms with E-state index in [-0.39, 0.29) is 0 Å². The highest BCUT2D eigenvalue weighted by Gasteiger charge is 2.38. The highest BCUT2D eigenvalue weighted by atomic mass is 35.5. The Balaban J connectivity index is 2.19. The van der Waals surface area contributed by atoms with E-state index in [4.69, 9.17) is 16.4 Å². The summed E-state index contributed by atoms with van der Waals surface area (Å²) in [5, 5.41) is 11.1. The van der Waals surface area contributed by atoms with Crippen LogP contribution in [0.15, 0.2) is 54.6 Å². The maximum absolute atomic E-state index is 10.4. The maximum atomic E-state index is 10.4. The number of nitrogens with one attached hydrogen (secondary N) is 1. The topological polar surface area (TPSA) is 41.5 Å². The Hall–Kier alpha value is -1.81. The maximum Gasteiger partial charge on any atom is 0.217 e. The van der Waals surface area contributed by atoms with E-state index in [0.29, 0.717) is 10.6 Å². The molecule has 2 aromatic rings. The predicted octanol–water partition coefficient (Wildman–Crippen LogP) is 3.45. The number of hydroxylamine groups is 1. The molecular weight excluding hydrogens is 274 g/mol. The van der Waals surface area contributed by atoms with Crippen molar-refractivity contribution in [2.75, 3.05) is 0 Å². The first-order valence-corrected chi connectivity index (χ1v) is 6.68. The normalized spacial score (nSPS) is 21.9. The van der Waals surface area contributed by atoms with E-state index in [1.165, 1.54) is 0 Å². The minimum atomic E-state index is -1.39. The smallest absolute Gasteiger partial charge is 0.217 e. The third kappa shape index (κ3) is 2.31. The molecule has 3 rings (SSSR count). The molecule has 0 spiro atoms. The van der Waals surface area contributed by atoms with Gasteiger partial charge in [0.05, 0.1) is 5.70 Å². The molecule has 1 atom stereocenters. The Morgan fingerprint density at radius 2 is 1.75 bits per heavy atom. The number of hydrogen-bond acceptors (Lipinski definition) is 3. The average molecular weight is 288 g/mol. The van der Waals surface area contributed by atoms with Crippen LogP contribution in [0.4, 0.5) is 0 Å². The van der Waals surface area contributed by atoms with E-state index in [9.17, 15) is 5.11 Å². The van der Waals surface area contributed by atoms with Gasteiger partial charge in [0, 0.05) is 16.2 Å². The summed E-state index contributed by atoms with van der Waals surface area (Å²) >= 11 is 6.03. The molecule has 0 aliphatic carbocycles. The molecule has 1 aliphatic rings. The zero-order valence-electron chi connectivity index (χ0n) is 10.9. The number of hydrogen-bond donors (Lipinski definition) is 2. The molecule has 0 radical (unpaired) electrons. The van der Waals surface area contributed by atoms with Crippen LogP contribution in [0.3, 0.4) is 0 Å². The lowest BCUT2D eigenvalue weighted by Gasteiger charge is -2.18. The van der Waals surface area contributed by atoms with Crippen LogP contribution in [0.2, 0.25) is 5.02 Å². The molecule has 0 bridgehead atoms. The van der Waals surface area contributed by atoms with Gasteiger partial charge in [-0.2, -0.15) is 0 Å². The second-order valence-corrected chi connectivity index (χ2v) is 5.25. The Kier molecular flexibility index (Phi) is 3.26. The van der Waals surface area contributed by atoms with Gasteiger partial charge in [0.1, 0.15) is 0 Å². The van der Waals surface area contributed by atoms with Crippen molar-refractivity contribution in [2.24, 2.45) is 0 Å². The van der Waals surface area contributed by atoms with E-state index in [1.54, 1.807) is 6.92 Å². The van der Waals surface area contributed by atoms with Gasteiger partial charge in [0.25, 0.3) is 0 Å². The molecule has 102 valence electrons. The molecule has 2 N–H and O–H groups in total. The molecule has 1 aliphatic heterocycles. The molecule has 2 aromatic carbocycles. The van der Waals surface area contributed by atoms with Crippen molar-refractivity contribution < 1.29 is 9.94 Å². The third-order valence-corrected chi connectivity index (χ3v) is 3.48. The number of aliphatic hydroxyl groups is 1. The van der Waals surface area contributed by atoms with E-state index >= 15 is 0 Å². The van der Waals surface area contributed by atoms with E-state index < -0.39 is 5.79 Å². The van der Waals surface area contributed by atoms with Gasteiger partial charge >= 0.3 is 0 Å². The largest absolute Gasteiger partial charge is 0.360 e. The second-order valence-electron chi connectivity index (χ2n) is 4.81. The van der Waals surface area contributed by atoms with Crippen molar-refractivity contribution in [1.29, 1.82) is 0 Å². The second kappa shape index (κ2) is 4.94. The van der Waals surface area contributed by atoms with E-state index in [2.05, 4.69) is 5.48 Å². The minimum absolute atomic E-state index is 0.635. The Bertz CT molecular complexity index is 665. The van der Waals surface area contributed by atoms with Crippen LogP contribution in [0.25, 0.3) is 11.3 Å². The van der Waals surface area contributed by atoms with Crippen molar-refractivity contribution in [1.82, 2.24) is 5.48 Å².